The molecule has 34 heavy (non-hydrogen) atoms. The second-order valence-electron chi connectivity index (χ2n) is 7.71. The Labute approximate surface area is 184 Å². The first kappa shape index (κ1) is 27.6. The maximum atomic E-state index is 14.3. The second kappa shape index (κ2) is 9.80. The van der Waals surface area contributed by atoms with Crippen molar-refractivity contribution in [2.75, 3.05) is 19.6 Å². The van der Waals surface area contributed by atoms with E-state index >= 15 is 0 Å². The van der Waals surface area contributed by atoms with Crippen LogP contribution < -0.4 is 0 Å². The lowest BCUT2D eigenvalue weighted by Gasteiger charge is -2.35. The molecule has 0 aromatic carbocycles. The fraction of sp³-hybridized carbons (Fsp3) is 1.00. The van der Waals surface area contributed by atoms with E-state index in [1.54, 1.807) is 0 Å². The van der Waals surface area contributed by atoms with Crippen molar-refractivity contribution in [2.45, 2.75) is 75.4 Å². The molecule has 198 valence electrons. The predicted molar refractivity (Wildman–Crippen MR) is 87.2 cm³/mol. The summed E-state index contributed by atoms with van der Waals surface area (Å²) in [5.41, 5.74) is 0. The molecule has 0 spiro atoms. The van der Waals surface area contributed by atoms with E-state index in [-0.39, 0.29) is 0 Å². The van der Waals surface area contributed by atoms with Gasteiger partial charge in [-0.25, -0.2) is 26.3 Å². The molecule has 0 bridgehead atoms. The molecule has 0 saturated carbocycles. The molecule has 3 fully saturated rings. The Morgan fingerprint density at radius 1 is 0.500 bits per heavy atom. The van der Waals surface area contributed by atoms with Crippen LogP contribution in [0.2, 0.25) is 0 Å². The Hall–Kier alpha value is -1.02. The molecule has 6 unspecified atom stereocenters. The molecular weight excluding hydrogens is 509 g/mol. The van der Waals surface area contributed by atoms with E-state index in [1.165, 1.54) is 0 Å². The van der Waals surface area contributed by atoms with E-state index in [0.29, 0.717) is 0 Å². The number of alkyl halides is 12. The van der Waals surface area contributed by atoms with Gasteiger partial charge in [-0.3, -0.25) is 0 Å². The van der Waals surface area contributed by atoms with Crippen LogP contribution in [-0.4, -0.2) is 97.8 Å². The summed E-state index contributed by atoms with van der Waals surface area (Å²) < 4.78 is 178. The lowest BCUT2D eigenvalue weighted by Crippen LogP contribution is -2.58. The molecule has 3 rings (SSSR count). The Morgan fingerprint density at radius 2 is 0.735 bits per heavy atom. The molecule has 6 nitrogen and oxygen atoms in total. The van der Waals surface area contributed by atoms with Crippen molar-refractivity contribution in [3.8, 4) is 0 Å². The number of nitrogens with zero attached hydrogens (tertiary/aromatic N) is 3. The summed E-state index contributed by atoms with van der Waals surface area (Å²) >= 11 is 0. The van der Waals surface area contributed by atoms with Crippen molar-refractivity contribution < 1.29 is 66.6 Å². The summed E-state index contributed by atoms with van der Waals surface area (Å²) in [6.45, 7) is -3.17. The molecule has 0 radical (unpaired) electrons. The largest absolute Gasteiger partial charge is 0.655 e. The van der Waals surface area contributed by atoms with Gasteiger partial charge in [-0.15, -0.1) is 0 Å². The lowest BCUT2D eigenvalue weighted by molar-refractivity contribution is -0.369. The van der Waals surface area contributed by atoms with Crippen molar-refractivity contribution in [2.24, 2.45) is 0 Å². The molecule has 0 aromatic heterocycles. The smallest absolute Gasteiger partial charge is 0.312 e. The third kappa shape index (κ3) is 5.53. The number of likely N-dealkylation sites (tertiary alicyclic amines) is 3. The highest BCUT2D eigenvalue weighted by atomic mass is 19.3. The predicted octanol–water partition coefficient (Wildman–Crippen LogP) is 3.69. The van der Waals surface area contributed by atoms with Gasteiger partial charge in [0.15, 0.2) is 18.9 Å². The van der Waals surface area contributed by atoms with Crippen LogP contribution in [-0.2, 0) is 14.0 Å². The number of hydrogen-bond acceptors (Lipinski definition) is 6. The molecule has 3 aliphatic rings. The van der Waals surface area contributed by atoms with Gasteiger partial charge in [0.1, 0.15) is 18.5 Å². The van der Waals surface area contributed by atoms with Crippen LogP contribution in [0.4, 0.5) is 52.7 Å². The Balaban J connectivity index is 1.82. The van der Waals surface area contributed by atoms with Crippen LogP contribution >= 0.6 is 0 Å². The highest BCUT2D eigenvalue weighted by Gasteiger charge is 2.61. The summed E-state index contributed by atoms with van der Waals surface area (Å²) in [7, 11) is -3.89. The van der Waals surface area contributed by atoms with Crippen molar-refractivity contribution in [1.82, 2.24) is 14.7 Å². The molecule has 0 aliphatic carbocycles. The molecule has 0 aromatic rings. The molecule has 3 aliphatic heterocycles. The molecule has 3 heterocycles. The van der Waals surface area contributed by atoms with Gasteiger partial charge in [0.05, 0.1) is 0 Å². The quantitative estimate of drug-likeness (QED) is 0.259. The number of hydrogen-bond donors (Lipinski definition) is 0. The average molecular weight is 527 g/mol. The van der Waals surface area contributed by atoms with E-state index in [2.05, 4.69) is 14.0 Å². The molecule has 0 amide bonds. The monoisotopic (exact) mass is 527 g/mol. The van der Waals surface area contributed by atoms with E-state index in [9.17, 15) is 52.7 Å². The SMILES string of the molecule is FC1CCN(C(F)(F)OB(OC(F)(F)N2CCC(F)C2F)OC(F)(F)N2CCC(F)C2F)C1F. The van der Waals surface area contributed by atoms with Gasteiger partial charge in [0.25, 0.3) is 0 Å². The Bertz CT molecular complexity index is 624. The van der Waals surface area contributed by atoms with Gasteiger partial charge in [-0.2, -0.15) is 41.0 Å². The summed E-state index contributed by atoms with van der Waals surface area (Å²) in [5.74, 6) is 0. The number of rotatable bonds is 9. The molecular formula is C15H18BF12N3O3. The first-order valence-corrected chi connectivity index (χ1v) is 9.88. The second-order valence-corrected chi connectivity index (χ2v) is 7.71. The van der Waals surface area contributed by atoms with Gasteiger partial charge in [-0.1, -0.05) is 0 Å². The minimum Gasteiger partial charge on any atom is -0.312 e. The summed E-state index contributed by atoms with van der Waals surface area (Å²) in [6.07, 6.45) is -34.3. The minimum absolute atomic E-state index is 0.662. The molecule has 6 atom stereocenters. The van der Waals surface area contributed by atoms with Crippen molar-refractivity contribution in [3.63, 3.8) is 0 Å². The molecule has 3 saturated heterocycles. The van der Waals surface area contributed by atoms with Crippen LogP contribution in [0.3, 0.4) is 0 Å². The van der Waals surface area contributed by atoms with Crippen molar-refractivity contribution in [1.29, 1.82) is 0 Å². The highest BCUT2D eigenvalue weighted by Crippen LogP contribution is 2.39. The first-order chi connectivity index (χ1) is 15.6. The average Bonchev–Trinajstić information content (AvgIpc) is 3.34. The normalized spacial score (nSPS) is 34.9. The summed E-state index contributed by atoms with van der Waals surface area (Å²) in [5, 5.41) is 0. The zero-order valence-electron chi connectivity index (χ0n) is 16.9. The van der Waals surface area contributed by atoms with E-state index < -0.39 is 117 Å². The minimum atomic E-state index is -5.11. The van der Waals surface area contributed by atoms with Crippen LogP contribution in [0.25, 0.3) is 0 Å². The number of halogens is 12. The summed E-state index contributed by atoms with van der Waals surface area (Å²) in [4.78, 5) is -1.99. The fourth-order valence-corrected chi connectivity index (χ4v) is 3.60. The molecule has 19 heteroatoms. The molecule has 0 N–H and O–H groups in total. The van der Waals surface area contributed by atoms with Gasteiger partial charge < -0.3 is 14.0 Å². The zero-order valence-corrected chi connectivity index (χ0v) is 16.9. The zero-order chi connectivity index (χ0) is 25.6. The Morgan fingerprint density at radius 3 is 0.912 bits per heavy atom. The third-order valence-electron chi connectivity index (χ3n) is 5.44. The van der Waals surface area contributed by atoms with Crippen molar-refractivity contribution in [3.05, 3.63) is 0 Å². The van der Waals surface area contributed by atoms with Crippen LogP contribution in [0.1, 0.15) is 19.3 Å². The van der Waals surface area contributed by atoms with Gasteiger partial charge in [-0.05, 0) is 19.3 Å². The van der Waals surface area contributed by atoms with Crippen molar-refractivity contribution >= 4 is 7.32 Å². The van der Waals surface area contributed by atoms with Gasteiger partial charge in [0.2, 0.25) is 0 Å². The van der Waals surface area contributed by atoms with E-state index in [1.807, 2.05) is 0 Å². The van der Waals surface area contributed by atoms with Crippen LogP contribution in [0, 0.1) is 0 Å². The Kier molecular flexibility index (Phi) is 7.94. The first-order valence-electron chi connectivity index (χ1n) is 9.88. The topological polar surface area (TPSA) is 37.4 Å². The fourth-order valence-electron chi connectivity index (χ4n) is 3.60. The summed E-state index contributed by atoms with van der Waals surface area (Å²) in [6, 6.07) is 0. The van der Waals surface area contributed by atoms with E-state index in [4.69, 9.17) is 0 Å². The van der Waals surface area contributed by atoms with Gasteiger partial charge in [0, 0.05) is 19.6 Å². The maximum Gasteiger partial charge on any atom is 0.655 e. The lowest BCUT2D eigenvalue weighted by atomic mass is 10.2. The third-order valence-corrected chi connectivity index (χ3v) is 5.44. The standard InChI is InChI=1S/C15H18BF12N3O3/c17-7-1-4-29(10(7)20)13(23,24)32-16(33-14(25,26)30-5-2-8(18)11(30)21)34-15(27,28)31-6-3-9(19)12(31)22/h7-12H,1-6H2. The highest BCUT2D eigenvalue weighted by molar-refractivity contribution is 6.36. The van der Waals surface area contributed by atoms with E-state index in [0.717, 1.165) is 0 Å². The maximum absolute atomic E-state index is 14.3. The van der Waals surface area contributed by atoms with Gasteiger partial charge >= 0.3 is 26.0 Å². The van der Waals surface area contributed by atoms with Crippen LogP contribution in [0.5, 0.6) is 0 Å². The van der Waals surface area contributed by atoms with Crippen LogP contribution in [0.15, 0.2) is 0 Å².